The van der Waals surface area contributed by atoms with Crippen molar-refractivity contribution in [2.45, 2.75) is 13.3 Å². The van der Waals surface area contributed by atoms with Crippen LogP contribution in [0.4, 0.5) is 8.78 Å². The molecule has 1 aromatic rings. The van der Waals surface area contributed by atoms with E-state index in [1.807, 2.05) is 22.6 Å². The molecule has 0 radical (unpaired) electrons. The molecule has 5 heteroatoms. The molecule has 0 aliphatic carbocycles. The molecular weight excluding hydrogens is 317 g/mol. The van der Waals surface area contributed by atoms with Crippen LogP contribution in [-0.4, -0.2) is 12.1 Å². The third-order valence-electron chi connectivity index (χ3n) is 1.91. The summed E-state index contributed by atoms with van der Waals surface area (Å²) in [7, 11) is 0. The Balaban J connectivity index is 3.52. The first-order valence-corrected chi connectivity index (χ1v) is 5.13. The third-order valence-corrected chi connectivity index (χ3v) is 2.53. The zero-order chi connectivity index (χ0) is 11.6. The number of halogens is 3. The molecule has 0 atom stereocenters. The van der Waals surface area contributed by atoms with E-state index < -0.39 is 12.2 Å². The summed E-state index contributed by atoms with van der Waals surface area (Å²) < 4.78 is 25.6. The molecule has 1 aromatic carbocycles. The van der Waals surface area contributed by atoms with Gasteiger partial charge in [0.25, 0.3) is 6.43 Å². The Morgan fingerprint density at radius 2 is 2.07 bits per heavy atom. The van der Waals surface area contributed by atoms with E-state index in [0.29, 0.717) is 9.86 Å². The van der Waals surface area contributed by atoms with Gasteiger partial charge in [-0.1, -0.05) is 0 Å². The molecule has 0 saturated carbocycles. The van der Waals surface area contributed by atoms with Crippen molar-refractivity contribution in [1.29, 1.82) is 0 Å². The van der Waals surface area contributed by atoms with Crippen LogP contribution in [-0.2, 0) is 0 Å². The molecule has 0 saturated heterocycles. The molecule has 0 N–H and O–H groups in total. The molecular formula is C10H7F2IO2. The summed E-state index contributed by atoms with van der Waals surface area (Å²) in [6, 6.07) is 2.64. The van der Waals surface area contributed by atoms with Gasteiger partial charge in [-0.3, -0.25) is 9.59 Å². The van der Waals surface area contributed by atoms with E-state index >= 15 is 0 Å². The maximum absolute atomic E-state index is 12.6. The molecule has 0 spiro atoms. The Morgan fingerprint density at radius 3 is 2.47 bits per heavy atom. The topological polar surface area (TPSA) is 34.1 Å². The molecule has 0 bridgehead atoms. The lowest BCUT2D eigenvalue weighted by atomic mass is 10.00. The van der Waals surface area contributed by atoms with Gasteiger partial charge in [0.05, 0.1) is 0 Å². The number of Topliss-reactive ketones (excluding diaryl/α,β-unsaturated/α-hetero) is 1. The van der Waals surface area contributed by atoms with Gasteiger partial charge in [0.15, 0.2) is 12.1 Å². The third kappa shape index (κ3) is 2.58. The first-order valence-electron chi connectivity index (χ1n) is 4.05. The Morgan fingerprint density at radius 1 is 1.47 bits per heavy atom. The van der Waals surface area contributed by atoms with Crippen LogP contribution in [0.25, 0.3) is 0 Å². The number of rotatable bonds is 3. The molecule has 80 valence electrons. The van der Waals surface area contributed by atoms with Gasteiger partial charge in [0, 0.05) is 20.3 Å². The lowest BCUT2D eigenvalue weighted by Crippen LogP contribution is -2.04. The molecule has 2 nitrogen and oxygen atoms in total. The molecule has 0 amide bonds. The SMILES string of the molecule is CC(=O)c1cc(I)cc(C(F)F)c1C=O. The summed E-state index contributed by atoms with van der Waals surface area (Å²) in [6.07, 6.45) is -2.45. The number of alkyl halides is 2. The number of ketones is 1. The summed E-state index contributed by atoms with van der Waals surface area (Å²) in [5, 5.41) is 0. The van der Waals surface area contributed by atoms with Crippen molar-refractivity contribution in [3.63, 3.8) is 0 Å². The van der Waals surface area contributed by atoms with Gasteiger partial charge in [-0.15, -0.1) is 0 Å². The van der Waals surface area contributed by atoms with E-state index in [1.165, 1.54) is 19.1 Å². The fourth-order valence-electron chi connectivity index (χ4n) is 1.24. The highest BCUT2D eigenvalue weighted by Crippen LogP contribution is 2.27. The molecule has 0 aromatic heterocycles. The lowest BCUT2D eigenvalue weighted by molar-refractivity contribution is 0.100. The molecule has 15 heavy (non-hydrogen) atoms. The zero-order valence-electron chi connectivity index (χ0n) is 7.76. The van der Waals surface area contributed by atoms with Crippen LogP contribution in [0.15, 0.2) is 12.1 Å². The summed E-state index contributed by atoms with van der Waals surface area (Å²) in [4.78, 5) is 21.8. The van der Waals surface area contributed by atoms with Crippen LogP contribution >= 0.6 is 22.6 Å². The van der Waals surface area contributed by atoms with Crippen molar-refractivity contribution < 1.29 is 18.4 Å². The molecule has 0 aliphatic rings. The van der Waals surface area contributed by atoms with Crippen LogP contribution in [0, 0.1) is 3.57 Å². The first kappa shape index (κ1) is 12.2. The average molecular weight is 324 g/mol. The number of hydrogen-bond acceptors (Lipinski definition) is 2. The summed E-state index contributed by atoms with van der Waals surface area (Å²) >= 11 is 1.83. The van der Waals surface area contributed by atoms with Crippen molar-refractivity contribution in [3.05, 3.63) is 32.4 Å². The minimum atomic E-state index is -2.75. The van der Waals surface area contributed by atoms with Crippen LogP contribution < -0.4 is 0 Å². The Bertz CT molecular complexity index is 416. The fraction of sp³-hybridized carbons (Fsp3) is 0.200. The van der Waals surface area contributed by atoms with Crippen LogP contribution in [0.5, 0.6) is 0 Å². The molecule has 0 unspecified atom stereocenters. The number of aldehydes is 1. The molecule has 0 fully saturated rings. The second kappa shape index (κ2) is 4.78. The minimum Gasteiger partial charge on any atom is -0.298 e. The van der Waals surface area contributed by atoms with Gasteiger partial charge in [0.2, 0.25) is 0 Å². The van der Waals surface area contributed by atoms with Crippen molar-refractivity contribution in [1.82, 2.24) is 0 Å². The molecule has 0 heterocycles. The highest BCUT2D eigenvalue weighted by atomic mass is 127. The Kier molecular flexibility index (Phi) is 3.90. The average Bonchev–Trinajstić information content (AvgIpc) is 2.16. The van der Waals surface area contributed by atoms with Crippen LogP contribution in [0.3, 0.4) is 0 Å². The zero-order valence-corrected chi connectivity index (χ0v) is 9.92. The smallest absolute Gasteiger partial charge is 0.264 e. The second-order valence-electron chi connectivity index (χ2n) is 2.93. The minimum absolute atomic E-state index is 0.0483. The van der Waals surface area contributed by atoms with Gasteiger partial charge in [-0.25, -0.2) is 8.78 Å². The van der Waals surface area contributed by atoms with Gasteiger partial charge < -0.3 is 0 Å². The first-order chi connectivity index (χ1) is 6.97. The van der Waals surface area contributed by atoms with E-state index in [4.69, 9.17) is 0 Å². The summed E-state index contributed by atoms with van der Waals surface area (Å²) in [5.74, 6) is -0.391. The predicted molar refractivity (Wildman–Crippen MR) is 59.5 cm³/mol. The number of carbonyl (C=O) groups excluding carboxylic acids is 2. The normalized spacial score (nSPS) is 10.5. The number of carbonyl (C=O) groups is 2. The maximum atomic E-state index is 12.6. The molecule has 1 rings (SSSR count). The van der Waals surface area contributed by atoms with E-state index in [-0.39, 0.29) is 16.7 Å². The van der Waals surface area contributed by atoms with Crippen molar-refractivity contribution >= 4 is 34.7 Å². The van der Waals surface area contributed by atoms with Gasteiger partial charge in [-0.05, 0) is 41.6 Å². The van der Waals surface area contributed by atoms with E-state index in [2.05, 4.69) is 0 Å². The quantitative estimate of drug-likeness (QED) is 0.486. The van der Waals surface area contributed by atoms with E-state index in [1.54, 1.807) is 0 Å². The number of hydrogen-bond donors (Lipinski definition) is 0. The fourth-order valence-corrected chi connectivity index (χ4v) is 1.89. The van der Waals surface area contributed by atoms with Gasteiger partial charge in [-0.2, -0.15) is 0 Å². The summed E-state index contributed by atoms with van der Waals surface area (Å²) in [5.41, 5.74) is -0.549. The van der Waals surface area contributed by atoms with E-state index in [9.17, 15) is 18.4 Å². The highest BCUT2D eigenvalue weighted by Gasteiger charge is 2.18. The van der Waals surface area contributed by atoms with Crippen molar-refractivity contribution in [3.8, 4) is 0 Å². The van der Waals surface area contributed by atoms with Gasteiger partial charge in [0.1, 0.15) is 0 Å². The second-order valence-corrected chi connectivity index (χ2v) is 4.18. The van der Waals surface area contributed by atoms with Crippen LogP contribution in [0.1, 0.15) is 39.6 Å². The molecule has 0 aliphatic heterocycles. The van der Waals surface area contributed by atoms with Crippen LogP contribution in [0.2, 0.25) is 0 Å². The predicted octanol–water partition coefficient (Wildman–Crippen LogP) is 3.24. The maximum Gasteiger partial charge on any atom is 0.264 e. The standard InChI is InChI=1S/C10H7F2IO2/c1-5(15)7-2-6(13)3-8(10(11)12)9(7)4-14/h2-4,10H,1H3. The van der Waals surface area contributed by atoms with E-state index in [0.717, 1.165) is 0 Å². The Hall–Kier alpha value is -0.850. The van der Waals surface area contributed by atoms with Crippen molar-refractivity contribution in [2.24, 2.45) is 0 Å². The number of benzene rings is 1. The Labute approximate surface area is 98.8 Å². The lowest BCUT2D eigenvalue weighted by Gasteiger charge is -2.08. The van der Waals surface area contributed by atoms with Crippen molar-refractivity contribution in [2.75, 3.05) is 0 Å². The largest absolute Gasteiger partial charge is 0.298 e. The van der Waals surface area contributed by atoms with Gasteiger partial charge >= 0.3 is 0 Å². The highest BCUT2D eigenvalue weighted by molar-refractivity contribution is 14.1. The summed E-state index contributed by atoms with van der Waals surface area (Å²) in [6.45, 7) is 1.24. The monoisotopic (exact) mass is 324 g/mol.